The molecular formula is C24H23ClF3N9. The molecule has 0 aliphatic rings. The number of alkyl halides is 3. The first kappa shape index (κ1) is 24.8. The zero-order valence-corrected chi connectivity index (χ0v) is 21.2. The normalized spacial score (nSPS) is 12.1. The number of halogens is 4. The second-order valence-electron chi connectivity index (χ2n) is 8.92. The zero-order chi connectivity index (χ0) is 26.5. The fraction of sp³-hybridized carbons (Fsp3) is 0.292. The van der Waals surface area contributed by atoms with Gasteiger partial charge in [0.05, 0.1) is 17.4 Å². The van der Waals surface area contributed by atoms with Crippen LogP contribution in [0.3, 0.4) is 0 Å². The summed E-state index contributed by atoms with van der Waals surface area (Å²) in [4.78, 5) is 13.1. The highest BCUT2D eigenvalue weighted by atomic mass is 35.5. The van der Waals surface area contributed by atoms with Gasteiger partial charge in [-0.25, -0.2) is 15.0 Å². The quantitative estimate of drug-likeness (QED) is 0.313. The number of imidazole rings is 1. The van der Waals surface area contributed by atoms with Crippen molar-refractivity contribution in [2.75, 3.05) is 5.32 Å². The van der Waals surface area contributed by atoms with Crippen LogP contribution in [0.2, 0.25) is 5.02 Å². The van der Waals surface area contributed by atoms with Crippen LogP contribution in [0, 0.1) is 0 Å². The number of hydrogen-bond acceptors (Lipinski definition) is 6. The molecular weight excluding hydrogens is 507 g/mol. The lowest BCUT2D eigenvalue weighted by molar-refractivity contribution is -0.140. The molecule has 1 aromatic carbocycles. The van der Waals surface area contributed by atoms with Crippen molar-refractivity contribution in [2.45, 2.75) is 32.6 Å². The Hall–Kier alpha value is -3.93. The molecule has 192 valence electrons. The van der Waals surface area contributed by atoms with Gasteiger partial charge in [0.1, 0.15) is 17.0 Å². The summed E-state index contributed by atoms with van der Waals surface area (Å²) in [7, 11) is 3.34. The van der Waals surface area contributed by atoms with Crippen molar-refractivity contribution in [2.24, 2.45) is 14.1 Å². The van der Waals surface area contributed by atoms with Crippen molar-refractivity contribution in [3.8, 4) is 22.9 Å². The fourth-order valence-electron chi connectivity index (χ4n) is 4.02. The maximum atomic E-state index is 13.0. The van der Waals surface area contributed by atoms with Crippen LogP contribution in [0.15, 0.2) is 42.9 Å². The summed E-state index contributed by atoms with van der Waals surface area (Å²) in [6.45, 7) is 4.38. The van der Waals surface area contributed by atoms with E-state index in [1.54, 1.807) is 40.9 Å². The first-order valence-corrected chi connectivity index (χ1v) is 11.8. The summed E-state index contributed by atoms with van der Waals surface area (Å²) in [6.07, 6.45) is -0.147. The number of fused-ring (bicyclic) bond motifs is 1. The monoisotopic (exact) mass is 529 g/mol. The minimum absolute atomic E-state index is 0.0524. The molecule has 0 bridgehead atoms. The van der Waals surface area contributed by atoms with Gasteiger partial charge in [0, 0.05) is 38.4 Å². The van der Waals surface area contributed by atoms with Crippen LogP contribution >= 0.6 is 11.6 Å². The highest BCUT2D eigenvalue weighted by Gasteiger charge is 2.34. The van der Waals surface area contributed by atoms with E-state index >= 15 is 0 Å². The molecule has 0 amide bonds. The number of aromatic nitrogens is 8. The number of rotatable bonds is 6. The van der Waals surface area contributed by atoms with Gasteiger partial charge in [-0.2, -0.15) is 23.4 Å². The van der Waals surface area contributed by atoms with E-state index in [0.29, 0.717) is 45.5 Å². The molecule has 4 heterocycles. The highest BCUT2D eigenvalue weighted by molar-refractivity contribution is 6.32. The average molecular weight is 530 g/mol. The number of nitrogens with one attached hydrogen (secondary N) is 1. The molecule has 0 unspecified atom stereocenters. The maximum absolute atomic E-state index is 13.0. The highest BCUT2D eigenvalue weighted by Crippen LogP contribution is 2.32. The third-order valence-electron chi connectivity index (χ3n) is 5.77. The molecule has 0 aliphatic carbocycles. The molecule has 0 spiro atoms. The van der Waals surface area contributed by atoms with Gasteiger partial charge in [-0.15, -0.1) is 0 Å². The maximum Gasteiger partial charge on any atom is 0.434 e. The molecule has 13 heteroatoms. The van der Waals surface area contributed by atoms with E-state index in [2.05, 4.69) is 25.5 Å². The lowest BCUT2D eigenvalue weighted by Gasteiger charge is -2.12. The molecule has 0 fully saturated rings. The van der Waals surface area contributed by atoms with Crippen molar-refractivity contribution in [3.05, 3.63) is 59.1 Å². The Morgan fingerprint density at radius 3 is 2.41 bits per heavy atom. The Bertz CT molecular complexity index is 1580. The summed E-state index contributed by atoms with van der Waals surface area (Å²) >= 11 is 6.43. The van der Waals surface area contributed by atoms with Gasteiger partial charge < -0.3 is 9.88 Å². The molecule has 9 nitrogen and oxygen atoms in total. The van der Waals surface area contributed by atoms with Crippen LogP contribution in [0.25, 0.3) is 33.9 Å². The molecule has 37 heavy (non-hydrogen) atoms. The third-order valence-corrected chi connectivity index (χ3v) is 6.05. The topological polar surface area (TPSA) is 91.3 Å². The molecule has 0 atom stereocenters. The second kappa shape index (κ2) is 9.18. The number of benzene rings is 1. The minimum atomic E-state index is -4.50. The van der Waals surface area contributed by atoms with E-state index in [1.165, 1.54) is 11.6 Å². The molecule has 0 saturated carbocycles. The third kappa shape index (κ3) is 4.76. The lowest BCUT2D eigenvalue weighted by atomic mass is 10.1. The first-order chi connectivity index (χ1) is 17.5. The molecule has 5 rings (SSSR count). The van der Waals surface area contributed by atoms with E-state index in [-0.39, 0.29) is 11.9 Å². The Kier molecular flexibility index (Phi) is 6.14. The number of anilines is 1. The summed E-state index contributed by atoms with van der Waals surface area (Å²) in [5, 5.41) is 12.6. The lowest BCUT2D eigenvalue weighted by Crippen LogP contribution is -2.08. The van der Waals surface area contributed by atoms with Crippen LogP contribution in [-0.2, 0) is 26.8 Å². The van der Waals surface area contributed by atoms with E-state index < -0.39 is 11.9 Å². The van der Waals surface area contributed by atoms with Gasteiger partial charge in [-0.3, -0.25) is 9.36 Å². The van der Waals surface area contributed by atoms with E-state index in [9.17, 15) is 13.2 Å². The van der Waals surface area contributed by atoms with Crippen LogP contribution in [-0.4, -0.2) is 39.1 Å². The standard InChI is InChI=1S/C24H23ClF3N9/c1-13(2)37-20(16(25)10-30-37)22-31-17-11-36(4)34-19(17)21(33-22)29-9-14-5-7-15(8-6-14)23-32-18(12-35(23)3)24(26,27)28/h5-8,10-13H,9H2,1-4H3,(H,29,31,33). The van der Waals surface area contributed by atoms with Crippen LogP contribution in [0.1, 0.15) is 31.1 Å². The van der Waals surface area contributed by atoms with Crippen molar-refractivity contribution < 1.29 is 13.2 Å². The van der Waals surface area contributed by atoms with Gasteiger partial charge in [0.2, 0.25) is 0 Å². The predicted molar refractivity (Wildman–Crippen MR) is 134 cm³/mol. The van der Waals surface area contributed by atoms with E-state index in [0.717, 1.165) is 11.8 Å². The number of hydrogen-bond donors (Lipinski definition) is 1. The van der Waals surface area contributed by atoms with Crippen LogP contribution in [0.5, 0.6) is 0 Å². The Morgan fingerprint density at radius 1 is 1.03 bits per heavy atom. The van der Waals surface area contributed by atoms with E-state index in [4.69, 9.17) is 16.6 Å². The summed E-state index contributed by atoms with van der Waals surface area (Å²) < 4.78 is 43.9. The largest absolute Gasteiger partial charge is 0.434 e. The summed E-state index contributed by atoms with van der Waals surface area (Å²) in [5.41, 5.74) is 2.41. The van der Waals surface area contributed by atoms with Gasteiger partial charge in [0.15, 0.2) is 22.9 Å². The fourth-order valence-corrected chi connectivity index (χ4v) is 4.24. The summed E-state index contributed by atoms with van der Waals surface area (Å²) in [5.74, 6) is 1.18. The van der Waals surface area contributed by atoms with Crippen molar-refractivity contribution in [3.63, 3.8) is 0 Å². The smallest absolute Gasteiger partial charge is 0.364 e. The zero-order valence-electron chi connectivity index (χ0n) is 20.4. The van der Waals surface area contributed by atoms with Gasteiger partial charge >= 0.3 is 6.18 Å². The molecule has 1 N–H and O–H groups in total. The molecule has 0 radical (unpaired) electrons. The van der Waals surface area contributed by atoms with Gasteiger partial charge in [-0.05, 0) is 19.4 Å². The van der Waals surface area contributed by atoms with Crippen LogP contribution in [0.4, 0.5) is 19.0 Å². The van der Waals surface area contributed by atoms with Crippen molar-refractivity contribution in [1.29, 1.82) is 0 Å². The molecule has 0 saturated heterocycles. The molecule has 4 aromatic heterocycles. The minimum Gasteiger partial charge on any atom is -0.364 e. The SMILES string of the molecule is CC(C)n1ncc(Cl)c1-c1nc(NCc2ccc(-c3nc(C(F)(F)F)cn3C)cc2)c2nn(C)cc2n1. The first-order valence-electron chi connectivity index (χ1n) is 11.4. The van der Waals surface area contributed by atoms with Crippen LogP contribution < -0.4 is 5.32 Å². The number of aryl methyl sites for hydroxylation is 2. The Morgan fingerprint density at radius 2 is 1.76 bits per heavy atom. The Balaban J connectivity index is 1.43. The number of nitrogens with zero attached hydrogens (tertiary/aromatic N) is 8. The Labute approximate surface area is 214 Å². The molecule has 5 aromatic rings. The predicted octanol–water partition coefficient (Wildman–Crippen LogP) is 5.49. The van der Waals surface area contributed by atoms with Crippen molar-refractivity contribution in [1.82, 2.24) is 39.1 Å². The van der Waals surface area contributed by atoms with Gasteiger partial charge in [0.25, 0.3) is 0 Å². The van der Waals surface area contributed by atoms with Gasteiger partial charge in [-0.1, -0.05) is 35.9 Å². The van der Waals surface area contributed by atoms with E-state index in [1.807, 2.05) is 26.0 Å². The summed E-state index contributed by atoms with van der Waals surface area (Å²) in [6, 6.07) is 7.18. The average Bonchev–Trinajstić information content (AvgIpc) is 3.53. The molecule has 0 aliphatic heterocycles. The second-order valence-corrected chi connectivity index (χ2v) is 9.33. The van der Waals surface area contributed by atoms with Crippen molar-refractivity contribution >= 4 is 28.5 Å².